The number of likely N-dealkylation sites (N-methyl/N-ethyl adjacent to an activating group) is 1. The zero-order valence-electron chi connectivity index (χ0n) is 16.8. The monoisotopic (exact) mass is 418 g/mol. The average molecular weight is 419 g/mol. The minimum Gasteiger partial charge on any atom is -0.335 e. The van der Waals surface area contributed by atoms with Crippen LogP contribution in [0.1, 0.15) is 30.6 Å². The summed E-state index contributed by atoms with van der Waals surface area (Å²) >= 11 is 0. The fraction of sp³-hybridized carbons (Fsp3) is 0.208. The van der Waals surface area contributed by atoms with Gasteiger partial charge >= 0.3 is 0 Å². The van der Waals surface area contributed by atoms with Crippen LogP contribution >= 0.6 is 0 Å². The lowest BCUT2D eigenvalue weighted by molar-refractivity contribution is -0.130. The summed E-state index contributed by atoms with van der Waals surface area (Å²) in [6.07, 6.45) is 6.48. The van der Waals surface area contributed by atoms with Gasteiger partial charge in [-0.2, -0.15) is 0 Å². The number of piperidine rings is 1. The minimum absolute atomic E-state index is 0.000928. The van der Waals surface area contributed by atoms with E-state index in [-0.39, 0.29) is 22.8 Å². The molecule has 1 aromatic heterocycles. The summed E-state index contributed by atoms with van der Waals surface area (Å²) in [5.74, 6) is -0.0262. The molecule has 1 saturated heterocycles. The zero-order valence-corrected chi connectivity index (χ0v) is 17.6. The van der Waals surface area contributed by atoms with Crippen LogP contribution in [-0.4, -0.2) is 30.2 Å². The number of carbonyl (C=O) groups excluding carboxylic acids is 1. The molecular weight excluding hydrogens is 396 g/mol. The number of hydrogen-bond donors (Lipinski definition) is 0. The Labute approximate surface area is 176 Å². The van der Waals surface area contributed by atoms with Gasteiger partial charge in [-0.15, -0.1) is 0 Å². The summed E-state index contributed by atoms with van der Waals surface area (Å²) in [5, 5.41) is 0.867. The van der Waals surface area contributed by atoms with Gasteiger partial charge in [-0.25, -0.2) is 12.4 Å². The normalized spacial score (nSPS) is 22.4. The highest BCUT2D eigenvalue weighted by molar-refractivity contribution is 7.90. The van der Waals surface area contributed by atoms with Crippen LogP contribution in [0.3, 0.4) is 0 Å². The van der Waals surface area contributed by atoms with Crippen molar-refractivity contribution in [3.05, 3.63) is 83.6 Å². The number of benzene rings is 2. The highest BCUT2D eigenvalue weighted by atomic mass is 32.2. The van der Waals surface area contributed by atoms with Gasteiger partial charge in [0.05, 0.1) is 22.1 Å². The lowest BCUT2D eigenvalue weighted by Crippen LogP contribution is -2.39. The Hall–Kier alpha value is -3.12. The van der Waals surface area contributed by atoms with Gasteiger partial charge in [0.15, 0.2) is 0 Å². The Kier molecular flexibility index (Phi) is 4.22. The van der Waals surface area contributed by atoms with E-state index in [1.807, 2.05) is 49.4 Å². The lowest BCUT2D eigenvalue weighted by Gasteiger charge is -2.37. The molecule has 6 heteroatoms. The number of aromatic nitrogens is 1. The van der Waals surface area contributed by atoms with E-state index >= 15 is 0 Å². The molecule has 0 saturated carbocycles. The minimum atomic E-state index is -3.81. The Morgan fingerprint density at radius 1 is 1.03 bits per heavy atom. The second kappa shape index (κ2) is 6.71. The highest BCUT2D eigenvalue weighted by Gasteiger charge is 2.40. The fourth-order valence-corrected chi connectivity index (χ4v) is 6.34. The van der Waals surface area contributed by atoms with Gasteiger partial charge in [0.25, 0.3) is 10.0 Å². The van der Waals surface area contributed by atoms with Crippen LogP contribution in [0.15, 0.2) is 77.2 Å². The van der Waals surface area contributed by atoms with Crippen LogP contribution in [0, 0.1) is 5.92 Å². The van der Waals surface area contributed by atoms with Crippen molar-refractivity contribution in [2.24, 2.45) is 5.92 Å². The predicted molar refractivity (Wildman–Crippen MR) is 117 cm³/mol. The largest absolute Gasteiger partial charge is 0.335 e. The molecule has 3 aromatic rings. The topological polar surface area (TPSA) is 59.4 Å². The van der Waals surface area contributed by atoms with Crippen LogP contribution in [0.4, 0.5) is 0 Å². The second-order valence-electron chi connectivity index (χ2n) is 7.78. The molecule has 1 fully saturated rings. The molecular formula is C24H22N2O3S. The highest BCUT2D eigenvalue weighted by Crippen LogP contribution is 2.46. The van der Waals surface area contributed by atoms with Crippen molar-refractivity contribution in [1.82, 2.24) is 8.87 Å². The van der Waals surface area contributed by atoms with Crippen LogP contribution < -0.4 is 0 Å². The maximum absolute atomic E-state index is 13.7. The molecule has 2 aromatic carbocycles. The SMILES string of the molecule is C/C=C1/C(=O)N(C)[C@@H]2C[C@H]1C=Cc1c2c2ccccc2n1S(=O)(=O)c1ccccc1. The molecule has 0 N–H and O–H groups in total. The standard InChI is InChI=1S/C24H22N2O3S/c1-3-18-16-13-14-21-23(22(15-16)25(2)24(18)27)19-11-7-8-12-20(19)26(21)30(28,29)17-9-5-4-6-10-17/h3-14,16,22H,15H2,1-2H3/b18-3+/t16-,22-/m1/s1. The van der Waals surface area contributed by atoms with Crippen molar-refractivity contribution in [2.75, 3.05) is 7.05 Å². The molecule has 2 atom stereocenters. The molecule has 0 radical (unpaired) electrons. The van der Waals surface area contributed by atoms with E-state index in [4.69, 9.17) is 0 Å². The number of fused-ring (bicyclic) bond motifs is 6. The van der Waals surface area contributed by atoms with Crippen LogP contribution in [0.5, 0.6) is 0 Å². The van der Waals surface area contributed by atoms with Gasteiger partial charge in [-0.05, 0) is 37.6 Å². The summed E-state index contributed by atoms with van der Waals surface area (Å²) in [6, 6.07) is 15.8. The molecule has 1 aliphatic heterocycles. The van der Waals surface area contributed by atoms with Gasteiger partial charge in [-0.1, -0.05) is 48.6 Å². The first kappa shape index (κ1) is 18.9. The summed E-state index contributed by atoms with van der Waals surface area (Å²) < 4.78 is 28.8. The van der Waals surface area contributed by atoms with Gasteiger partial charge in [0.1, 0.15) is 0 Å². The first-order chi connectivity index (χ1) is 14.4. The van der Waals surface area contributed by atoms with Crippen LogP contribution in [0.25, 0.3) is 17.0 Å². The smallest absolute Gasteiger partial charge is 0.268 e. The average Bonchev–Trinajstić information content (AvgIpc) is 2.99. The predicted octanol–water partition coefficient (Wildman–Crippen LogP) is 4.37. The van der Waals surface area contributed by atoms with E-state index < -0.39 is 10.0 Å². The van der Waals surface area contributed by atoms with Crippen LogP contribution in [0.2, 0.25) is 0 Å². The third kappa shape index (κ3) is 2.53. The molecule has 152 valence electrons. The molecule has 2 aliphatic rings. The molecule has 5 nitrogen and oxygen atoms in total. The number of rotatable bonds is 2. The molecule has 0 unspecified atom stereocenters. The van der Waals surface area contributed by atoms with E-state index in [0.717, 1.165) is 22.9 Å². The third-order valence-electron chi connectivity index (χ3n) is 6.23. The molecule has 30 heavy (non-hydrogen) atoms. The number of carbonyl (C=O) groups is 1. The van der Waals surface area contributed by atoms with Gasteiger partial charge in [0.2, 0.25) is 5.91 Å². The number of para-hydroxylation sites is 1. The Morgan fingerprint density at radius 2 is 1.73 bits per heavy atom. The van der Waals surface area contributed by atoms with E-state index in [0.29, 0.717) is 11.2 Å². The lowest BCUT2D eigenvalue weighted by atomic mass is 9.84. The second-order valence-corrected chi connectivity index (χ2v) is 9.56. The number of nitrogens with zero attached hydrogens (tertiary/aromatic N) is 2. The first-order valence-electron chi connectivity index (χ1n) is 10.0. The quantitative estimate of drug-likeness (QED) is 0.581. The molecule has 1 amide bonds. The molecule has 2 heterocycles. The summed E-state index contributed by atoms with van der Waals surface area (Å²) in [7, 11) is -2.01. The van der Waals surface area contributed by atoms with E-state index in [2.05, 4.69) is 0 Å². The Balaban J connectivity index is 1.85. The molecule has 1 aliphatic carbocycles. The molecule has 0 spiro atoms. The Bertz CT molecular complexity index is 1330. The van der Waals surface area contributed by atoms with E-state index in [1.165, 1.54) is 3.97 Å². The molecule has 2 bridgehead atoms. The van der Waals surface area contributed by atoms with Crippen molar-refractivity contribution in [3.8, 4) is 0 Å². The van der Waals surface area contributed by atoms with Crippen molar-refractivity contribution in [2.45, 2.75) is 24.3 Å². The Morgan fingerprint density at radius 3 is 2.47 bits per heavy atom. The summed E-state index contributed by atoms with van der Waals surface area (Å²) in [5.41, 5.74) is 2.92. The van der Waals surface area contributed by atoms with Crippen molar-refractivity contribution < 1.29 is 13.2 Å². The summed E-state index contributed by atoms with van der Waals surface area (Å²) in [4.78, 5) is 15.0. The van der Waals surface area contributed by atoms with Gasteiger partial charge in [0, 0.05) is 29.5 Å². The van der Waals surface area contributed by atoms with E-state index in [1.54, 1.807) is 42.3 Å². The van der Waals surface area contributed by atoms with E-state index in [9.17, 15) is 13.2 Å². The maximum atomic E-state index is 13.7. The summed E-state index contributed by atoms with van der Waals surface area (Å²) in [6.45, 7) is 1.88. The van der Waals surface area contributed by atoms with Crippen LogP contribution in [-0.2, 0) is 14.8 Å². The number of hydrogen-bond acceptors (Lipinski definition) is 3. The molecule has 5 rings (SSSR count). The first-order valence-corrected chi connectivity index (χ1v) is 11.4. The fourth-order valence-electron chi connectivity index (χ4n) is 4.79. The number of allylic oxidation sites excluding steroid dienone is 2. The van der Waals surface area contributed by atoms with Crippen molar-refractivity contribution in [1.29, 1.82) is 0 Å². The van der Waals surface area contributed by atoms with Crippen molar-refractivity contribution >= 4 is 32.9 Å². The number of amides is 1. The maximum Gasteiger partial charge on any atom is 0.268 e. The zero-order chi connectivity index (χ0) is 21.0. The van der Waals surface area contributed by atoms with Crippen molar-refractivity contribution in [3.63, 3.8) is 0 Å². The van der Waals surface area contributed by atoms with Gasteiger partial charge in [-0.3, -0.25) is 4.79 Å². The van der Waals surface area contributed by atoms with Gasteiger partial charge < -0.3 is 4.90 Å². The third-order valence-corrected chi connectivity index (χ3v) is 7.97. The number of likely N-dealkylation sites (tertiary alicyclic amines) is 1.